The third kappa shape index (κ3) is 3.99. The average Bonchev–Trinajstić information content (AvgIpc) is 2.31. The number of hydrogen-bond donors (Lipinski definition) is 1. The molecule has 1 aromatic rings. The molecular formula is C14H19F2NO2. The summed E-state index contributed by atoms with van der Waals surface area (Å²) in [4.78, 5) is 11.8. The molecule has 0 aliphatic carbocycles. The predicted molar refractivity (Wildman–Crippen MR) is 68.9 cm³/mol. The van der Waals surface area contributed by atoms with Crippen molar-refractivity contribution in [3.8, 4) is 0 Å². The van der Waals surface area contributed by atoms with E-state index in [1.54, 1.807) is 7.11 Å². The third-order valence-corrected chi connectivity index (χ3v) is 2.89. The molecule has 1 atom stereocenters. The molecule has 0 saturated carbocycles. The summed E-state index contributed by atoms with van der Waals surface area (Å²) >= 11 is 0. The van der Waals surface area contributed by atoms with Crippen molar-refractivity contribution in [2.24, 2.45) is 5.41 Å². The minimum absolute atomic E-state index is 0.164. The zero-order valence-corrected chi connectivity index (χ0v) is 11.6. The van der Waals surface area contributed by atoms with Crippen molar-refractivity contribution < 1.29 is 18.3 Å². The maximum atomic E-state index is 13.4. The van der Waals surface area contributed by atoms with Crippen LogP contribution in [0, 0.1) is 17.0 Å². The van der Waals surface area contributed by atoms with Crippen LogP contribution in [0.4, 0.5) is 8.78 Å². The van der Waals surface area contributed by atoms with Crippen molar-refractivity contribution in [3.63, 3.8) is 0 Å². The normalized spacial score (nSPS) is 13.2. The highest BCUT2D eigenvalue weighted by Crippen LogP contribution is 2.21. The fourth-order valence-corrected chi connectivity index (χ4v) is 1.70. The highest BCUT2D eigenvalue weighted by atomic mass is 19.2. The van der Waals surface area contributed by atoms with E-state index in [2.05, 4.69) is 5.32 Å². The number of amides is 1. The Morgan fingerprint density at radius 3 is 2.53 bits per heavy atom. The molecule has 3 nitrogen and oxygen atoms in total. The molecular weight excluding hydrogens is 252 g/mol. The lowest BCUT2D eigenvalue weighted by atomic mass is 9.89. The lowest BCUT2D eigenvalue weighted by Crippen LogP contribution is -2.40. The van der Waals surface area contributed by atoms with Gasteiger partial charge in [-0.2, -0.15) is 0 Å². The standard InChI is InChI=1S/C14H19F2NO2/c1-14(2,3)11(19-4)8-17-13(18)9-6-5-7-10(15)12(9)16/h5-7,11H,8H2,1-4H3,(H,17,18)/t11-/m1/s1. The Hall–Kier alpha value is -1.49. The number of carbonyl (C=O) groups is 1. The van der Waals surface area contributed by atoms with Gasteiger partial charge in [0.2, 0.25) is 0 Å². The zero-order chi connectivity index (χ0) is 14.6. The molecule has 19 heavy (non-hydrogen) atoms. The van der Waals surface area contributed by atoms with E-state index >= 15 is 0 Å². The van der Waals surface area contributed by atoms with E-state index in [4.69, 9.17) is 4.74 Å². The van der Waals surface area contributed by atoms with Crippen LogP contribution < -0.4 is 5.32 Å². The number of carbonyl (C=O) groups excluding carboxylic acids is 1. The molecule has 1 N–H and O–H groups in total. The molecule has 0 spiro atoms. The average molecular weight is 271 g/mol. The minimum Gasteiger partial charge on any atom is -0.379 e. The van der Waals surface area contributed by atoms with E-state index in [-0.39, 0.29) is 23.6 Å². The first-order chi connectivity index (χ1) is 8.77. The summed E-state index contributed by atoms with van der Waals surface area (Å²) < 4.78 is 31.7. The van der Waals surface area contributed by atoms with Gasteiger partial charge >= 0.3 is 0 Å². The SMILES string of the molecule is CO[C@H](CNC(=O)c1cccc(F)c1F)C(C)(C)C. The van der Waals surface area contributed by atoms with E-state index in [0.29, 0.717) is 0 Å². The molecule has 0 saturated heterocycles. The Kier molecular flexibility index (Phi) is 5.00. The van der Waals surface area contributed by atoms with Crippen molar-refractivity contribution in [2.75, 3.05) is 13.7 Å². The van der Waals surface area contributed by atoms with Crippen molar-refractivity contribution in [2.45, 2.75) is 26.9 Å². The lowest BCUT2D eigenvalue weighted by Gasteiger charge is -2.29. The van der Waals surface area contributed by atoms with E-state index in [1.807, 2.05) is 20.8 Å². The molecule has 0 heterocycles. The minimum atomic E-state index is -1.13. The quantitative estimate of drug-likeness (QED) is 0.914. The second-order valence-electron chi connectivity index (χ2n) is 5.40. The molecule has 1 aromatic carbocycles. The number of ether oxygens (including phenoxy) is 1. The Bertz CT molecular complexity index is 455. The van der Waals surface area contributed by atoms with Crippen LogP contribution >= 0.6 is 0 Å². The number of benzene rings is 1. The topological polar surface area (TPSA) is 38.3 Å². The highest BCUT2D eigenvalue weighted by molar-refractivity contribution is 5.94. The van der Waals surface area contributed by atoms with Gasteiger partial charge in [0.15, 0.2) is 11.6 Å². The Morgan fingerprint density at radius 2 is 2.00 bits per heavy atom. The number of halogens is 2. The second kappa shape index (κ2) is 6.10. The summed E-state index contributed by atoms with van der Waals surface area (Å²) in [5, 5.41) is 2.55. The van der Waals surface area contributed by atoms with Crippen LogP contribution in [0.3, 0.4) is 0 Å². The predicted octanol–water partition coefficient (Wildman–Crippen LogP) is 2.76. The first-order valence-corrected chi connectivity index (χ1v) is 6.02. The van der Waals surface area contributed by atoms with E-state index in [9.17, 15) is 13.6 Å². The fraction of sp³-hybridized carbons (Fsp3) is 0.500. The largest absolute Gasteiger partial charge is 0.379 e. The van der Waals surface area contributed by atoms with Gasteiger partial charge in [0.05, 0.1) is 11.7 Å². The first-order valence-electron chi connectivity index (χ1n) is 6.02. The van der Waals surface area contributed by atoms with Crippen LogP contribution in [0.15, 0.2) is 18.2 Å². The molecule has 0 aliphatic heterocycles. The van der Waals surface area contributed by atoms with E-state index in [0.717, 1.165) is 6.07 Å². The van der Waals surface area contributed by atoms with Crippen LogP contribution in [0.2, 0.25) is 0 Å². The summed E-state index contributed by atoms with van der Waals surface area (Å²) in [5.74, 6) is -2.82. The summed E-state index contributed by atoms with van der Waals surface area (Å²) in [7, 11) is 1.55. The molecule has 0 aromatic heterocycles. The Labute approximate surface area is 112 Å². The first kappa shape index (κ1) is 15.6. The van der Waals surface area contributed by atoms with Crippen LogP contribution in [0.5, 0.6) is 0 Å². The van der Waals surface area contributed by atoms with Gasteiger partial charge in [-0.05, 0) is 17.5 Å². The van der Waals surface area contributed by atoms with Gasteiger partial charge in [-0.1, -0.05) is 26.8 Å². The second-order valence-corrected chi connectivity index (χ2v) is 5.40. The number of nitrogens with one attached hydrogen (secondary N) is 1. The molecule has 1 amide bonds. The van der Waals surface area contributed by atoms with Crippen molar-refractivity contribution in [3.05, 3.63) is 35.4 Å². The maximum absolute atomic E-state index is 13.4. The van der Waals surface area contributed by atoms with Gasteiger partial charge in [-0.25, -0.2) is 8.78 Å². The summed E-state index contributed by atoms with van der Waals surface area (Å²) in [6.07, 6.45) is -0.215. The van der Waals surface area contributed by atoms with E-state index in [1.165, 1.54) is 12.1 Å². The van der Waals surface area contributed by atoms with Gasteiger partial charge in [-0.15, -0.1) is 0 Å². The molecule has 0 fully saturated rings. The van der Waals surface area contributed by atoms with Crippen molar-refractivity contribution in [1.29, 1.82) is 0 Å². The van der Waals surface area contributed by atoms with Crippen LogP contribution in [-0.2, 0) is 4.74 Å². The van der Waals surface area contributed by atoms with Crippen LogP contribution in [-0.4, -0.2) is 25.7 Å². The summed E-state index contributed by atoms with van der Waals surface area (Å²) in [6, 6.07) is 3.51. The van der Waals surface area contributed by atoms with E-state index < -0.39 is 17.5 Å². The molecule has 5 heteroatoms. The highest BCUT2D eigenvalue weighted by Gasteiger charge is 2.25. The molecule has 0 aliphatic rings. The monoisotopic (exact) mass is 271 g/mol. The summed E-state index contributed by atoms with van der Waals surface area (Å²) in [5.41, 5.74) is -0.466. The molecule has 0 unspecified atom stereocenters. The fourth-order valence-electron chi connectivity index (χ4n) is 1.70. The number of methoxy groups -OCH3 is 1. The van der Waals surface area contributed by atoms with Gasteiger partial charge in [0.25, 0.3) is 5.91 Å². The lowest BCUT2D eigenvalue weighted by molar-refractivity contribution is 0.0175. The van der Waals surface area contributed by atoms with Crippen LogP contribution in [0.1, 0.15) is 31.1 Å². The van der Waals surface area contributed by atoms with Gasteiger partial charge < -0.3 is 10.1 Å². The molecule has 0 radical (unpaired) electrons. The van der Waals surface area contributed by atoms with Gasteiger partial charge in [0, 0.05) is 13.7 Å². The van der Waals surface area contributed by atoms with Crippen molar-refractivity contribution in [1.82, 2.24) is 5.32 Å². The third-order valence-electron chi connectivity index (χ3n) is 2.89. The Morgan fingerprint density at radius 1 is 1.37 bits per heavy atom. The molecule has 106 valence electrons. The maximum Gasteiger partial charge on any atom is 0.254 e. The summed E-state index contributed by atoms with van der Waals surface area (Å²) in [6.45, 7) is 6.14. The Balaban J connectivity index is 2.73. The van der Waals surface area contributed by atoms with Crippen molar-refractivity contribution >= 4 is 5.91 Å². The molecule has 1 rings (SSSR count). The van der Waals surface area contributed by atoms with Gasteiger partial charge in [0.1, 0.15) is 0 Å². The van der Waals surface area contributed by atoms with Gasteiger partial charge in [-0.3, -0.25) is 4.79 Å². The number of rotatable bonds is 4. The van der Waals surface area contributed by atoms with Crippen LogP contribution in [0.25, 0.3) is 0 Å². The smallest absolute Gasteiger partial charge is 0.254 e. The molecule has 0 bridgehead atoms. The zero-order valence-electron chi connectivity index (χ0n) is 11.6. The number of hydrogen-bond acceptors (Lipinski definition) is 2.